The van der Waals surface area contributed by atoms with E-state index >= 15 is 0 Å². The normalized spacial score (nSPS) is 17.2. The van der Waals surface area contributed by atoms with E-state index in [0.29, 0.717) is 29.1 Å². The van der Waals surface area contributed by atoms with Crippen LogP contribution < -0.4 is 11.1 Å². The largest absolute Gasteiger partial charge is 0.338 e. The summed E-state index contributed by atoms with van der Waals surface area (Å²) in [5.41, 5.74) is 2.61. The number of hydrogen-bond donors (Lipinski definition) is 2. The van der Waals surface area contributed by atoms with Crippen LogP contribution in [-0.4, -0.2) is 33.9 Å². The average Bonchev–Trinajstić information content (AvgIpc) is 2.68. The Labute approximate surface area is 155 Å². The first kappa shape index (κ1) is 17.3. The minimum Gasteiger partial charge on any atom is -0.338 e. The quantitative estimate of drug-likeness (QED) is 0.686. The molecule has 1 aliphatic rings. The van der Waals surface area contributed by atoms with Crippen LogP contribution in [0.15, 0.2) is 52.1 Å². The molecule has 0 spiro atoms. The van der Waals surface area contributed by atoms with Gasteiger partial charge in [0.15, 0.2) is 0 Å². The van der Waals surface area contributed by atoms with E-state index in [1.54, 1.807) is 18.2 Å². The highest BCUT2D eigenvalue weighted by molar-refractivity contribution is 5.97. The van der Waals surface area contributed by atoms with Gasteiger partial charge in [-0.2, -0.15) is 0 Å². The summed E-state index contributed by atoms with van der Waals surface area (Å²) in [7, 11) is 0. The van der Waals surface area contributed by atoms with Crippen molar-refractivity contribution in [3.05, 3.63) is 79.9 Å². The molecule has 1 aromatic heterocycles. The lowest BCUT2D eigenvalue weighted by atomic mass is 9.88. The van der Waals surface area contributed by atoms with Gasteiger partial charge in [-0.25, -0.2) is 0 Å². The first-order valence-electron chi connectivity index (χ1n) is 9.14. The van der Waals surface area contributed by atoms with Crippen molar-refractivity contribution in [2.45, 2.75) is 25.7 Å². The third-order valence-corrected chi connectivity index (χ3v) is 5.31. The highest BCUT2D eigenvalue weighted by atomic mass is 16.2. The van der Waals surface area contributed by atoms with Crippen molar-refractivity contribution in [1.82, 2.24) is 14.9 Å². The Bertz CT molecular complexity index is 1130. The topological polar surface area (TPSA) is 86.0 Å². The molecule has 27 heavy (non-hydrogen) atoms. The molecule has 6 nitrogen and oxygen atoms in total. The minimum atomic E-state index is -0.718. The number of piperidine rings is 1. The SMILES string of the molecule is Cc1ccccc1[C@H]1CCCN(C(=O)c2ccc3[nH]c(=O)c(=O)[nH]c3c2)C1. The Morgan fingerprint density at radius 3 is 2.56 bits per heavy atom. The number of fused-ring (bicyclic) bond motifs is 1. The van der Waals surface area contributed by atoms with Crippen molar-refractivity contribution < 1.29 is 4.79 Å². The third kappa shape index (κ3) is 3.30. The maximum atomic E-state index is 13.0. The number of hydrogen-bond acceptors (Lipinski definition) is 3. The molecule has 1 saturated heterocycles. The second-order valence-corrected chi connectivity index (χ2v) is 7.12. The molecule has 1 amide bonds. The van der Waals surface area contributed by atoms with E-state index in [1.165, 1.54) is 11.1 Å². The summed E-state index contributed by atoms with van der Waals surface area (Å²) in [4.78, 5) is 42.9. The molecule has 6 heteroatoms. The van der Waals surface area contributed by atoms with Crippen LogP contribution in [0.25, 0.3) is 11.0 Å². The fraction of sp³-hybridized carbons (Fsp3) is 0.286. The first-order chi connectivity index (χ1) is 13.0. The minimum absolute atomic E-state index is 0.0535. The van der Waals surface area contributed by atoms with Crippen molar-refractivity contribution >= 4 is 16.9 Å². The fourth-order valence-electron chi connectivity index (χ4n) is 3.89. The standard InChI is InChI=1S/C21H21N3O3/c1-13-5-2-3-7-16(13)15-6-4-10-24(12-15)21(27)14-8-9-17-18(11-14)23-20(26)19(25)22-17/h2-3,5,7-9,11,15H,4,6,10,12H2,1H3,(H,22,25)(H,23,26)/t15-/m0/s1. The number of rotatable bonds is 2. The summed E-state index contributed by atoms with van der Waals surface area (Å²) in [6.45, 7) is 3.52. The number of H-pyrrole nitrogens is 2. The molecule has 1 aliphatic heterocycles. The summed E-state index contributed by atoms with van der Waals surface area (Å²) in [5, 5.41) is 0. The van der Waals surface area contributed by atoms with Gasteiger partial charge in [0.05, 0.1) is 11.0 Å². The predicted octanol–water partition coefficient (Wildman–Crippen LogP) is 2.54. The van der Waals surface area contributed by atoms with Gasteiger partial charge in [0.25, 0.3) is 5.91 Å². The van der Waals surface area contributed by atoms with Crippen LogP contribution in [0, 0.1) is 6.92 Å². The number of amides is 1. The monoisotopic (exact) mass is 363 g/mol. The molecule has 0 saturated carbocycles. The molecule has 3 aromatic rings. The van der Waals surface area contributed by atoms with E-state index in [4.69, 9.17) is 0 Å². The molecule has 138 valence electrons. The number of benzene rings is 2. The molecule has 0 bridgehead atoms. The number of aromatic amines is 2. The molecule has 2 N–H and O–H groups in total. The highest BCUT2D eigenvalue weighted by Crippen LogP contribution is 2.29. The van der Waals surface area contributed by atoms with Crippen LogP contribution in [0.1, 0.15) is 40.2 Å². The van der Waals surface area contributed by atoms with Crippen LogP contribution in [0.5, 0.6) is 0 Å². The molecule has 0 unspecified atom stereocenters. The van der Waals surface area contributed by atoms with Gasteiger partial charge in [-0.05, 0) is 49.1 Å². The van der Waals surface area contributed by atoms with Crippen LogP contribution in [0.3, 0.4) is 0 Å². The maximum absolute atomic E-state index is 13.0. The Hall–Kier alpha value is -3.15. The summed E-state index contributed by atoms with van der Waals surface area (Å²) in [5.74, 6) is 0.280. The van der Waals surface area contributed by atoms with Crippen LogP contribution in [-0.2, 0) is 0 Å². The van der Waals surface area contributed by atoms with Gasteiger partial charge >= 0.3 is 11.1 Å². The molecule has 0 radical (unpaired) electrons. The van der Waals surface area contributed by atoms with Gasteiger partial charge in [-0.3, -0.25) is 14.4 Å². The molecular weight excluding hydrogens is 342 g/mol. The van der Waals surface area contributed by atoms with Gasteiger partial charge < -0.3 is 14.9 Å². The van der Waals surface area contributed by atoms with Crippen molar-refractivity contribution in [3.63, 3.8) is 0 Å². The molecule has 1 fully saturated rings. The molecular formula is C21H21N3O3. The van der Waals surface area contributed by atoms with Crippen molar-refractivity contribution in [2.24, 2.45) is 0 Å². The Balaban J connectivity index is 1.61. The number of nitrogens with zero attached hydrogens (tertiary/aromatic N) is 1. The Kier molecular flexibility index (Phi) is 4.39. The van der Waals surface area contributed by atoms with E-state index in [0.717, 1.165) is 19.4 Å². The number of carbonyl (C=O) groups excluding carboxylic acids is 1. The Morgan fingerprint density at radius 1 is 1.04 bits per heavy atom. The van der Waals surface area contributed by atoms with E-state index in [9.17, 15) is 14.4 Å². The van der Waals surface area contributed by atoms with E-state index in [1.807, 2.05) is 17.0 Å². The van der Waals surface area contributed by atoms with Crippen molar-refractivity contribution in [2.75, 3.05) is 13.1 Å². The molecule has 4 rings (SSSR count). The number of likely N-dealkylation sites (tertiary alicyclic amines) is 1. The maximum Gasteiger partial charge on any atom is 0.314 e. The highest BCUT2D eigenvalue weighted by Gasteiger charge is 2.26. The summed E-state index contributed by atoms with van der Waals surface area (Å²) < 4.78 is 0. The molecule has 2 aromatic carbocycles. The van der Waals surface area contributed by atoms with E-state index < -0.39 is 11.1 Å². The second kappa shape index (κ2) is 6.87. The molecule has 0 aliphatic carbocycles. The second-order valence-electron chi connectivity index (χ2n) is 7.12. The summed E-state index contributed by atoms with van der Waals surface area (Å²) in [6.07, 6.45) is 2.03. The van der Waals surface area contributed by atoms with Crippen molar-refractivity contribution in [1.29, 1.82) is 0 Å². The average molecular weight is 363 g/mol. The number of aromatic nitrogens is 2. The number of carbonyl (C=O) groups is 1. The van der Waals surface area contributed by atoms with Crippen molar-refractivity contribution in [3.8, 4) is 0 Å². The lowest BCUT2D eigenvalue weighted by Crippen LogP contribution is -2.39. The lowest BCUT2D eigenvalue weighted by molar-refractivity contribution is 0.0707. The number of nitrogens with one attached hydrogen (secondary N) is 2. The van der Waals surface area contributed by atoms with Gasteiger partial charge in [-0.15, -0.1) is 0 Å². The fourth-order valence-corrected chi connectivity index (χ4v) is 3.89. The summed E-state index contributed by atoms with van der Waals surface area (Å²) >= 11 is 0. The lowest BCUT2D eigenvalue weighted by Gasteiger charge is -2.33. The third-order valence-electron chi connectivity index (χ3n) is 5.31. The first-order valence-corrected chi connectivity index (χ1v) is 9.14. The Morgan fingerprint density at radius 2 is 1.78 bits per heavy atom. The zero-order valence-electron chi connectivity index (χ0n) is 15.1. The van der Waals surface area contributed by atoms with Gasteiger partial charge in [-0.1, -0.05) is 24.3 Å². The predicted molar refractivity (Wildman–Crippen MR) is 104 cm³/mol. The zero-order valence-corrected chi connectivity index (χ0v) is 15.1. The smallest absolute Gasteiger partial charge is 0.314 e. The molecule has 2 heterocycles. The van der Waals surface area contributed by atoms with Gasteiger partial charge in [0.1, 0.15) is 0 Å². The van der Waals surface area contributed by atoms with Crippen LogP contribution in [0.2, 0.25) is 0 Å². The summed E-state index contributed by atoms with van der Waals surface area (Å²) in [6, 6.07) is 13.3. The molecule has 1 atom stereocenters. The van der Waals surface area contributed by atoms with Crippen LogP contribution >= 0.6 is 0 Å². The zero-order chi connectivity index (χ0) is 19.0. The van der Waals surface area contributed by atoms with Crippen LogP contribution in [0.4, 0.5) is 0 Å². The number of aryl methyl sites for hydroxylation is 1. The van der Waals surface area contributed by atoms with E-state index in [2.05, 4.69) is 29.0 Å². The van der Waals surface area contributed by atoms with Gasteiger partial charge in [0.2, 0.25) is 0 Å². The van der Waals surface area contributed by atoms with Gasteiger partial charge in [0, 0.05) is 24.6 Å². The van der Waals surface area contributed by atoms with E-state index in [-0.39, 0.29) is 5.91 Å².